The Bertz CT molecular complexity index is 216. The van der Waals surface area contributed by atoms with Gasteiger partial charge in [-0.2, -0.15) is 0 Å². The fourth-order valence-corrected chi connectivity index (χ4v) is 3.28. The molecule has 0 bridgehead atoms. The lowest BCUT2D eigenvalue weighted by molar-refractivity contribution is 0.120. The molecular weight excluding hydrogens is 222 g/mol. The molecule has 1 unspecified atom stereocenters. The Balaban J connectivity index is 1.53. The van der Waals surface area contributed by atoms with E-state index < -0.39 is 0 Å². The van der Waals surface area contributed by atoms with E-state index in [2.05, 4.69) is 29.0 Å². The highest BCUT2D eigenvalue weighted by atomic mass is 15.3. The molecule has 0 aliphatic carbocycles. The van der Waals surface area contributed by atoms with Crippen molar-refractivity contribution in [2.24, 2.45) is 11.8 Å². The number of hydrogen-bond acceptors (Lipinski definition) is 3. The van der Waals surface area contributed by atoms with Crippen LogP contribution >= 0.6 is 0 Å². The quantitative estimate of drug-likeness (QED) is 0.776. The van der Waals surface area contributed by atoms with Crippen LogP contribution in [0, 0.1) is 11.8 Å². The van der Waals surface area contributed by atoms with Gasteiger partial charge in [-0.25, -0.2) is 0 Å². The predicted octanol–water partition coefficient (Wildman–Crippen LogP) is 1.65. The lowest BCUT2D eigenvalue weighted by Crippen LogP contribution is -2.47. The minimum atomic E-state index is 0.811. The van der Waals surface area contributed by atoms with Gasteiger partial charge in [-0.15, -0.1) is 0 Å². The topological polar surface area (TPSA) is 18.5 Å². The molecule has 2 rings (SSSR count). The highest BCUT2D eigenvalue weighted by Gasteiger charge is 2.18. The zero-order valence-electron chi connectivity index (χ0n) is 12.3. The second-order valence-electron chi connectivity index (χ2n) is 6.54. The molecule has 18 heavy (non-hydrogen) atoms. The number of piperazine rings is 1. The van der Waals surface area contributed by atoms with E-state index in [9.17, 15) is 0 Å². The van der Waals surface area contributed by atoms with Gasteiger partial charge in [-0.3, -0.25) is 0 Å². The van der Waals surface area contributed by atoms with Crippen LogP contribution in [0.3, 0.4) is 0 Å². The summed E-state index contributed by atoms with van der Waals surface area (Å²) in [4.78, 5) is 5.29. The van der Waals surface area contributed by atoms with E-state index in [1.54, 1.807) is 0 Å². The van der Waals surface area contributed by atoms with E-state index in [4.69, 9.17) is 0 Å². The van der Waals surface area contributed by atoms with Crippen LogP contribution in [0.25, 0.3) is 0 Å². The third kappa shape index (κ3) is 4.87. The van der Waals surface area contributed by atoms with E-state index in [1.165, 1.54) is 71.6 Å². The van der Waals surface area contributed by atoms with Crippen LogP contribution in [0.2, 0.25) is 0 Å². The smallest absolute Gasteiger partial charge is 0.0110 e. The molecule has 3 heteroatoms. The summed E-state index contributed by atoms with van der Waals surface area (Å²) < 4.78 is 0. The SMILES string of the molecule is CC(C)CN1CCN(CCCC2CCNC2)CC1. The standard InChI is InChI=1S/C15H31N3/c1-14(2)13-18-10-8-17(9-11-18)7-3-4-15-5-6-16-12-15/h14-16H,3-13H2,1-2H3. The van der Waals surface area contributed by atoms with Gasteiger partial charge in [0.25, 0.3) is 0 Å². The Kier molecular flexibility index (Phi) is 5.93. The summed E-state index contributed by atoms with van der Waals surface area (Å²) in [6.45, 7) is 14.9. The maximum Gasteiger partial charge on any atom is 0.0110 e. The molecule has 2 aliphatic rings. The van der Waals surface area contributed by atoms with Crippen LogP contribution in [0.4, 0.5) is 0 Å². The molecule has 0 aromatic heterocycles. The van der Waals surface area contributed by atoms with Crippen LogP contribution in [-0.4, -0.2) is 62.2 Å². The fraction of sp³-hybridized carbons (Fsp3) is 1.00. The molecule has 1 N–H and O–H groups in total. The molecule has 2 heterocycles. The molecule has 106 valence electrons. The van der Waals surface area contributed by atoms with Crippen molar-refractivity contribution in [1.29, 1.82) is 0 Å². The summed E-state index contributed by atoms with van der Waals surface area (Å²) in [5, 5.41) is 3.46. The first-order valence-electron chi connectivity index (χ1n) is 7.89. The van der Waals surface area contributed by atoms with Crippen molar-refractivity contribution in [3.8, 4) is 0 Å². The molecule has 0 saturated carbocycles. The number of hydrogen-bond donors (Lipinski definition) is 1. The summed E-state index contributed by atoms with van der Waals surface area (Å²) >= 11 is 0. The summed E-state index contributed by atoms with van der Waals surface area (Å²) in [7, 11) is 0. The molecular formula is C15H31N3. The van der Waals surface area contributed by atoms with Crippen molar-refractivity contribution in [1.82, 2.24) is 15.1 Å². The van der Waals surface area contributed by atoms with E-state index in [-0.39, 0.29) is 0 Å². The van der Waals surface area contributed by atoms with Crippen molar-refractivity contribution in [2.75, 3.05) is 52.4 Å². The number of nitrogens with zero attached hydrogens (tertiary/aromatic N) is 2. The third-order valence-electron chi connectivity index (χ3n) is 4.34. The summed E-state index contributed by atoms with van der Waals surface area (Å²) in [5.41, 5.74) is 0. The first kappa shape index (κ1) is 14.3. The largest absolute Gasteiger partial charge is 0.316 e. The van der Waals surface area contributed by atoms with Gasteiger partial charge in [0.05, 0.1) is 0 Å². The molecule has 2 fully saturated rings. The van der Waals surface area contributed by atoms with Gasteiger partial charge < -0.3 is 15.1 Å². The minimum Gasteiger partial charge on any atom is -0.316 e. The molecule has 3 nitrogen and oxygen atoms in total. The molecule has 0 spiro atoms. The van der Waals surface area contributed by atoms with Gasteiger partial charge in [0, 0.05) is 32.7 Å². The third-order valence-corrected chi connectivity index (χ3v) is 4.34. The molecule has 2 aliphatic heterocycles. The van der Waals surface area contributed by atoms with Gasteiger partial charge in [0.2, 0.25) is 0 Å². The number of nitrogens with one attached hydrogen (secondary N) is 1. The Morgan fingerprint density at radius 2 is 1.83 bits per heavy atom. The average Bonchev–Trinajstić information content (AvgIpc) is 2.84. The summed E-state index contributed by atoms with van der Waals surface area (Å²) in [6.07, 6.45) is 4.23. The molecule has 2 saturated heterocycles. The maximum absolute atomic E-state index is 3.46. The van der Waals surface area contributed by atoms with Gasteiger partial charge in [-0.1, -0.05) is 13.8 Å². The minimum absolute atomic E-state index is 0.811. The molecule has 1 atom stereocenters. The Morgan fingerprint density at radius 1 is 1.11 bits per heavy atom. The first-order chi connectivity index (χ1) is 8.74. The van der Waals surface area contributed by atoms with Gasteiger partial charge in [0.15, 0.2) is 0 Å². The Morgan fingerprint density at radius 3 is 2.44 bits per heavy atom. The first-order valence-corrected chi connectivity index (χ1v) is 7.89. The molecule has 0 aromatic carbocycles. The second-order valence-corrected chi connectivity index (χ2v) is 6.54. The Labute approximate surface area is 113 Å². The zero-order valence-corrected chi connectivity index (χ0v) is 12.3. The normalized spacial score (nSPS) is 27.2. The van der Waals surface area contributed by atoms with Crippen molar-refractivity contribution < 1.29 is 0 Å². The molecule has 0 radical (unpaired) electrons. The Hall–Kier alpha value is -0.120. The average molecular weight is 253 g/mol. The van der Waals surface area contributed by atoms with E-state index in [0.29, 0.717) is 0 Å². The lowest BCUT2D eigenvalue weighted by Gasteiger charge is -2.35. The monoisotopic (exact) mass is 253 g/mol. The zero-order chi connectivity index (χ0) is 12.8. The lowest BCUT2D eigenvalue weighted by atomic mass is 10.0. The summed E-state index contributed by atoms with van der Waals surface area (Å²) in [5.74, 6) is 1.78. The van der Waals surface area contributed by atoms with Gasteiger partial charge >= 0.3 is 0 Å². The van der Waals surface area contributed by atoms with Crippen LogP contribution in [0.5, 0.6) is 0 Å². The van der Waals surface area contributed by atoms with Crippen LogP contribution < -0.4 is 5.32 Å². The van der Waals surface area contributed by atoms with Crippen molar-refractivity contribution in [3.63, 3.8) is 0 Å². The summed E-state index contributed by atoms with van der Waals surface area (Å²) in [6, 6.07) is 0. The molecule has 0 aromatic rings. The maximum atomic E-state index is 3.46. The van der Waals surface area contributed by atoms with Gasteiger partial charge in [0.1, 0.15) is 0 Å². The molecule has 0 amide bonds. The van der Waals surface area contributed by atoms with E-state index >= 15 is 0 Å². The highest BCUT2D eigenvalue weighted by molar-refractivity contribution is 4.75. The van der Waals surface area contributed by atoms with E-state index in [1.807, 2.05) is 0 Å². The second kappa shape index (κ2) is 7.46. The van der Waals surface area contributed by atoms with Crippen molar-refractivity contribution in [3.05, 3.63) is 0 Å². The number of rotatable bonds is 6. The predicted molar refractivity (Wildman–Crippen MR) is 77.9 cm³/mol. The highest BCUT2D eigenvalue weighted by Crippen LogP contribution is 2.15. The fourth-order valence-electron chi connectivity index (χ4n) is 3.28. The van der Waals surface area contributed by atoms with Crippen LogP contribution in [0.15, 0.2) is 0 Å². The van der Waals surface area contributed by atoms with Crippen LogP contribution in [0.1, 0.15) is 33.1 Å². The van der Waals surface area contributed by atoms with E-state index in [0.717, 1.165) is 11.8 Å². The van der Waals surface area contributed by atoms with Crippen molar-refractivity contribution >= 4 is 0 Å². The van der Waals surface area contributed by atoms with Crippen LogP contribution in [-0.2, 0) is 0 Å². The van der Waals surface area contributed by atoms with Gasteiger partial charge in [-0.05, 0) is 50.7 Å². The van der Waals surface area contributed by atoms with Crippen molar-refractivity contribution in [2.45, 2.75) is 33.1 Å².